The molecule has 146 valence electrons. The number of carbonyl (C=O) groups is 1. The number of hydrogen-bond acceptors (Lipinski definition) is 3. The van der Waals surface area contributed by atoms with Crippen molar-refractivity contribution in [2.75, 3.05) is 26.2 Å². The molecular weight excluding hydrogens is 324 g/mol. The first-order valence-electron chi connectivity index (χ1n) is 10.1. The molecule has 0 aromatic heterocycles. The smallest absolute Gasteiger partial charge is 0.260 e. The number of hydrogen-bond donors (Lipinski definition) is 1. The number of ether oxygens (including phenoxy) is 1. The lowest BCUT2D eigenvalue weighted by atomic mass is 9.92. The van der Waals surface area contributed by atoms with Gasteiger partial charge >= 0.3 is 0 Å². The lowest BCUT2D eigenvalue weighted by Gasteiger charge is -2.34. The molecule has 1 saturated heterocycles. The summed E-state index contributed by atoms with van der Waals surface area (Å²) in [6.07, 6.45) is 1.84. The predicted octanol–water partition coefficient (Wildman–Crippen LogP) is 4.06. The first-order chi connectivity index (χ1) is 12.4. The number of benzene rings is 1. The van der Waals surface area contributed by atoms with Crippen LogP contribution in [0, 0.1) is 11.8 Å². The molecule has 1 aliphatic rings. The van der Waals surface area contributed by atoms with Gasteiger partial charge in [0.25, 0.3) is 5.91 Å². The number of piperidine rings is 1. The van der Waals surface area contributed by atoms with Crippen molar-refractivity contribution in [2.24, 2.45) is 11.8 Å². The predicted molar refractivity (Wildman–Crippen MR) is 108 cm³/mol. The number of nitrogens with zero attached hydrogens (tertiary/aromatic N) is 1. The molecule has 1 aliphatic heterocycles. The second-order valence-corrected chi connectivity index (χ2v) is 8.30. The fourth-order valence-electron chi connectivity index (χ4n) is 3.94. The molecule has 1 amide bonds. The zero-order chi connectivity index (χ0) is 19.1. The molecule has 4 nitrogen and oxygen atoms in total. The topological polar surface area (TPSA) is 41.6 Å². The molecule has 1 fully saturated rings. The van der Waals surface area contributed by atoms with Crippen LogP contribution < -0.4 is 10.1 Å². The van der Waals surface area contributed by atoms with Crippen LogP contribution in [-0.4, -0.2) is 43.1 Å². The van der Waals surface area contributed by atoms with Gasteiger partial charge in [-0.1, -0.05) is 45.9 Å². The molecule has 1 aromatic carbocycles. The van der Waals surface area contributed by atoms with Crippen LogP contribution >= 0.6 is 0 Å². The largest absolute Gasteiger partial charge is 0.481 e. The second kappa shape index (κ2) is 9.96. The standard InChI is InChI=1S/C22H36N2O2/c1-16(2)20-9-6-7-10-21(20)26-19(5)22(25)23-11-8-12-24-14-17(3)13-18(4)15-24/h6-7,9-10,16-19H,8,11-15H2,1-5H3,(H,23,25)/t17-,18-,19-/m1/s1. The van der Waals surface area contributed by atoms with E-state index in [4.69, 9.17) is 4.74 Å². The fourth-order valence-corrected chi connectivity index (χ4v) is 3.94. The first-order valence-corrected chi connectivity index (χ1v) is 10.1. The number of carbonyl (C=O) groups excluding carboxylic acids is 1. The minimum atomic E-state index is -0.482. The van der Waals surface area contributed by atoms with Gasteiger partial charge < -0.3 is 15.0 Å². The minimum absolute atomic E-state index is 0.0380. The molecule has 0 radical (unpaired) electrons. The maximum Gasteiger partial charge on any atom is 0.260 e. The Morgan fingerprint density at radius 3 is 2.50 bits per heavy atom. The molecule has 1 aromatic rings. The molecule has 0 bridgehead atoms. The van der Waals surface area contributed by atoms with E-state index < -0.39 is 6.10 Å². The second-order valence-electron chi connectivity index (χ2n) is 8.30. The highest BCUT2D eigenvalue weighted by atomic mass is 16.5. The van der Waals surface area contributed by atoms with E-state index in [1.165, 1.54) is 19.5 Å². The minimum Gasteiger partial charge on any atom is -0.481 e. The van der Waals surface area contributed by atoms with E-state index in [-0.39, 0.29) is 5.91 Å². The quantitative estimate of drug-likeness (QED) is 0.711. The average molecular weight is 361 g/mol. The summed E-state index contributed by atoms with van der Waals surface area (Å²) in [4.78, 5) is 14.9. The fraction of sp³-hybridized carbons (Fsp3) is 0.682. The van der Waals surface area contributed by atoms with Gasteiger partial charge in [0.05, 0.1) is 0 Å². The van der Waals surface area contributed by atoms with E-state index in [0.29, 0.717) is 12.5 Å². The van der Waals surface area contributed by atoms with E-state index in [1.807, 2.05) is 25.1 Å². The van der Waals surface area contributed by atoms with Gasteiger partial charge in [0.1, 0.15) is 5.75 Å². The maximum atomic E-state index is 12.3. The van der Waals surface area contributed by atoms with Crippen molar-refractivity contribution < 1.29 is 9.53 Å². The number of amides is 1. The zero-order valence-electron chi connectivity index (χ0n) is 17.1. The van der Waals surface area contributed by atoms with Gasteiger partial charge in [0, 0.05) is 19.6 Å². The summed E-state index contributed by atoms with van der Waals surface area (Å²) in [7, 11) is 0. The van der Waals surface area contributed by atoms with Gasteiger partial charge in [-0.3, -0.25) is 4.79 Å². The molecule has 4 heteroatoms. The normalized spacial score (nSPS) is 22.2. The Morgan fingerprint density at radius 2 is 1.85 bits per heavy atom. The Hall–Kier alpha value is -1.55. The van der Waals surface area contributed by atoms with Crippen molar-refractivity contribution in [3.63, 3.8) is 0 Å². The highest BCUT2D eigenvalue weighted by Crippen LogP contribution is 2.26. The van der Waals surface area contributed by atoms with Crippen LogP contribution in [0.15, 0.2) is 24.3 Å². The van der Waals surface area contributed by atoms with Gasteiger partial charge in [-0.2, -0.15) is 0 Å². The maximum absolute atomic E-state index is 12.3. The summed E-state index contributed by atoms with van der Waals surface area (Å²) >= 11 is 0. The summed E-state index contributed by atoms with van der Waals surface area (Å²) in [5.74, 6) is 2.70. The molecule has 1 heterocycles. The molecular formula is C22H36N2O2. The molecule has 0 saturated carbocycles. The van der Waals surface area contributed by atoms with Crippen LogP contribution in [0.2, 0.25) is 0 Å². The first kappa shape index (κ1) is 20.8. The van der Waals surface area contributed by atoms with Crippen LogP contribution in [0.25, 0.3) is 0 Å². The van der Waals surface area contributed by atoms with Crippen LogP contribution in [0.1, 0.15) is 58.9 Å². The summed E-state index contributed by atoms with van der Waals surface area (Å²) in [6, 6.07) is 7.96. The highest BCUT2D eigenvalue weighted by molar-refractivity contribution is 5.80. The van der Waals surface area contributed by atoms with Gasteiger partial charge in [-0.25, -0.2) is 0 Å². The molecule has 3 atom stereocenters. The van der Waals surface area contributed by atoms with Crippen molar-refractivity contribution in [3.8, 4) is 5.75 Å². The van der Waals surface area contributed by atoms with Crippen molar-refractivity contribution >= 4 is 5.91 Å². The van der Waals surface area contributed by atoms with Gasteiger partial charge in [-0.05, 0) is 55.7 Å². The summed E-state index contributed by atoms with van der Waals surface area (Å²) < 4.78 is 5.92. The van der Waals surface area contributed by atoms with E-state index >= 15 is 0 Å². The average Bonchev–Trinajstić information content (AvgIpc) is 2.58. The number of likely N-dealkylation sites (tertiary alicyclic amines) is 1. The third kappa shape index (κ3) is 6.31. The molecule has 2 rings (SSSR count). The van der Waals surface area contributed by atoms with Crippen molar-refractivity contribution in [1.82, 2.24) is 10.2 Å². The number of para-hydroxylation sites is 1. The Bertz CT molecular complexity index is 563. The van der Waals surface area contributed by atoms with E-state index in [0.717, 1.165) is 36.1 Å². The van der Waals surface area contributed by atoms with Crippen LogP contribution in [-0.2, 0) is 4.79 Å². The Labute approximate surface area is 159 Å². The third-order valence-corrected chi connectivity index (χ3v) is 5.11. The van der Waals surface area contributed by atoms with Crippen molar-refractivity contribution in [2.45, 2.75) is 59.5 Å². The van der Waals surface area contributed by atoms with Gasteiger partial charge in [0.2, 0.25) is 0 Å². The molecule has 0 unspecified atom stereocenters. The Balaban J connectivity index is 1.72. The van der Waals surface area contributed by atoms with Crippen LogP contribution in [0.3, 0.4) is 0 Å². The van der Waals surface area contributed by atoms with E-state index in [2.05, 4.69) is 44.0 Å². The molecule has 0 aliphatic carbocycles. The van der Waals surface area contributed by atoms with E-state index in [1.54, 1.807) is 0 Å². The van der Waals surface area contributed by atoms with Crippen LogP contribution in [0.4, 0.5) is 0 Å². The highest BCUT2D eigenvalue weighted by Gasteiger charge is 2.21. The summed E-state index contributed by atoms with van der Waals surface area (Å²) in [5, 5.41) is 3.02. The van der Waals surface area contributed by atoms with Crippen LogP contribution in [0.5, 0.6) is 5.75 Å². The number of rotatable bonds is 8. The Kier molecular flexibility index (Phi) is 7.95. The van der Waals surface area contributed by atoms with Crippen molar-refractivity contribution in [3.05, 3.63) is 29.8 Å². The molecule has 1 N–H and O–H groups in total. The Morgan fingerprint density at radius 1 is 1.19 bits per heavy atom. The summed E-state index contributed by atoms with van der Waals surface area (Å²) in [6.45, 7) is 14.9. The molecule has 0 spiro atoms. The summed E-state index contributed by atoms with van der Waals surface area (Å²) in [5.41, 5.74) is 1.14. The number of nitrogens with one attached hydrogen (secondary N) is 1. The SMILES string of the molecule is CC(C)c1ccccc1O[C@H](C)C(=O)NCCCN1C[C@H](C)C[C@@H](C)C1. The lowest BCUT2D eigenvalue weighted by Crippen LogP contribution is -2.41. The van der Waals surface area contributed by atoms with Gasteiger partial charge in [-0.15, -0.1) is 0 Å². The lowest BCUT2D eigenvalue weighted by molar-refractivity contribution is -0.127. The third-order valence-electron chi connectivity index (χ3n) is 5.11. The zero-order valence-corrected chi connectivity index (χ0v) is 17.1. The van der Waals surface area contributed by atoms with E-state index in [9.17, 15) is 4.79 Å². The molecule has 26 heavy (non-hydrogen) atoms. The van der Waals surface area contributed by atoms with Crippen molar-refractivity contribution in [1.29, 1.82) is 0 Å². The monoisotopic (exact) mass is 360 g/mol. The van der Waals surface area contributed by atoms with Gasteiger partial charge in [0.15, 0.2) is 6.10 Å².